The van der Waals surface area contributed by atoms with E-state index in [4.69, 9.17) is 9.47 Å². The molecular weight excluding hydrogens is 386 g/mol. The first-order chi connectivity index (χ1) is 13.2. The molecule has 0 spiro atoms. The van der Waals surface area contributed by atoms with E-state index in [0.717, 1.165) is 5.56 Å². The summed E-state index contributed by atoms with van der Waals surface area (Å²) in [6.45, 7) is 0.916. The summed E-state index contributed by atoms with van der Waals surface area (Å²) in [5.41, 5.74) is -4.45. The number of rotatable bonds is 4. The number of amides is 1. The lowest BCUT2D eigenvalue weighted by atomic mass is 9.61. The van der Waals surface area contributed by atoms with E-state index in [2.05, 4.69) is 5.32 Å². The Hall–Kier alpha value is -1.49. The average Bonchev–Trinajstić information content (AvgIpc) is 2.67. The zero-order chi connectivity index (χ0) is 20.2. The predicted molar refractivity (Wildman–Crippen MR) is 99.0 cm³/mol. The summed E-state index contributed by atoms with van der Waals surface area (Å²) in [5.74, 6) is -3.39. The molecule has 1 amide bonds. The van der Waals surface area contributed by atoms with Gasteiger partial charge >= 0.3 is 0 Å². The highest BCUT2D eigenvalue weighted by atomic mass is 32.2. The molecule has 3 aliphatic heterocycles. The SMILES string of the molecule is C[C@]1(O)CO[C@@]2(O)[C@@]3(CSCc4ccccc4)CCO[C@@]2(NC(=O)C3=O)[C@H]1O. The van der Waals surface area contributed by atoms with Gasteiger partial charge in [-0.15, -0.1) is 0 Å². The molecule has 8 nitrogen and oxygen atoms in total. The molecule has 5 atom stereocenters. The van der Waals surface area contributed by atoms with Crippen molar-refractivity contribution in [1.29, 1.82) is 0 Å². The van der Waals surface area contributed by atoms with Crippen molar-refractivity contribution in [2.24, 2.45) is 5.41 Å². The van der Waals surface area contributed by atoms with Gasteiger partial charge in [0.25, 0.3) is 5.91 Å². The summed E-state index contributed by atoms with van der Waals surface area (Å²) >= 11 is 1.39. The predicted octanol–water partition coefficient (Wildman–Crippen LogP) is -0.448. The lowest BCUT2D eigenvalue weighted by Crippen LogP contribution is -2.90. The van der Waals surface area contributed by atoms with Gasteiger partial charge in [-0.2, -0.15) is 11.8 Å². The first kappa shape index (κ1) is 19.8. The topological polar surface area (TPSA) is 125 Å². The first-order valence-corrected chi connectivity index (χ1v) is 10.2. The maximum absolute atomic E-state index is 13.0. The van der Waals surface area contributed by atoms with Gasteiger partial charge in [0, 0.05) is 11.5 Å². The van der Waals surface area contributed by atoms with Gasteiger partial charge in [0.15, 0.2) is 0 Å². The highest BCUT2D eigenvalue weighted by Gasteiger charge is 2.80. The van der Waals surface area contributed by atoms with Crippen molar-refractivity contribution < 1.29 is 34.4 Å². The number of aliphatic hydroxyl groups excluding tert-OH is 1. The van der Waals surface area contributed by atoms with Crippen LogP contribution in [0.2, 0.25) is 0 Å². The van der Waals surface area contributed by atoms with Crippen molar-refractivity contribution in [3.8, 4) is 0 Å². The number of ketones is 1. The molecule has 3 fully saturated rings. The smallest absolute Gasteiger partial charge is 0.290 e. The maximum Gasteiger partial charge on any atom is 0.290 e. The van der Waals surface area contributed by atoms with Crippen LogP contribution in [0.1, 0.15) is 18.9 Å². The number of carbonyl (C=O) groups excluding carboxylic acids is 2. The van der Waals surface area contributed by atoms with Crippen molar-refractivity contribution >= 4 is 23.5 Å². The van der Waals surface area contributed by atoms with Crippen molar-refractivity contribution in [3.05, 3.63) is 35.9 Å². The Labute approximate surface area is 166 Å². The molecule has 0 aliphatic carbocycles. The van der Waals surface area contributed by atoms with E-state index in [9.17, 15) is 24.9 Å². The van der Waals surface area contributed by atoms with Gasteiger partial charge in [-0.1, -0.05) is 30.3 Å². The third-order valence-electron chi connectivity index (χ3n) is 5.96. The van der Waals surface area contributed by atoms with Crippen LogP contribution in [0, 0.1) is 5.41 Å². The Kier molecular flexibility index (Phi) is 4.61. The zero-order valence-electron chi connectivity index (χ0n) is 15.4. The molecule has 3 saturated heterocycles. The minimum atomic E-state index is -2.30. The molecule has 4 N–H and O–H groups in total. The highest BCUT2D eigenvalue weighted by molar-refractivity contribution is 7.98. The molecule has 0 radical (unpaired) electrons. The Morgan fingerprint density at radius 1 is 1.21 bits per heavy atom. The number of thioether (sulfide) groups is 1. The second kappa shape index (κ2) is 6.51. The third kappa shape index (κ3) is 2.51. The number of aliphatic hydroxyl groups is 3. The fourth-order valence-corrected chi connectivity index (χ4v) is 5.69. The van der Waals surface area contributed by atoms with Crippen molar-refractivity contribution in [3.63, 3.8) is 0 Å². The standard InChI is InChI=1S/C19H23NO7S/c1-16(24)10-27-19(25)17(11-28-9-12-5-3-2-4-6-12)7-8-26-18(19,15(16)23)20-14(22)13(17)21/h2-6,15,23-25H,7-11H2,1H3,(H,20,22)/t15-,16-,17+,18-,19-/m0/s1. The van der Waals surface area contributed by atoms with Crippen LogP contribution in [0.4, 0.5) is 0 Å². The van der Waals surface area contributed by atoms with Crippen molar-refractivity contribution in [2.75, 3.05) is 19.0 Å². The number of nitrogens with one attached hydrogen (secondary N) is 1. The number of ether oxygens (including phenoxy) is 2. The molecule has 1 aromatic rings. The normalized spacial score (nSPS) is 42.6. The molecule has 1 aromatic carbocycles. The molecule has 28 heavy (non-hydrogen) atoms. The minimum Gasteiger partial charge on any atom is -0.385 e. The summed E-state index contributed by atoms with van der Waals surface area (Å²) in [4.78, 5) is 25.4. The molecule has 9 heteroatoms. The number of hydrogen-bond acceptors (Lipinski definition) is 8. The van der Waals surface area contributed by atoms with Crippen LogP contribution in [0.25, 0.3) is 0 Å². The Morgan fingerprint density at radius 2 is 1.93 bits per heavy atom. The van der Waals surface area contributed by atoms with Crippen LogP contribution in [0.3, 0.4) is 0 Å². The second-order valence-corrected chi connectivity index (χ2v) is 8.86. The van der Waals surface area contributed by atoms with Crippen molar-refractivity contribution in [1.82, 2.24) is 5.32 Å². The van der Waals surface area contributed by atoms with E-state index in [-0.39, 0.29) is 18.8 Å². The van der Waals surface area contributed by atoms with Crippen LogP contribution in [-0.2, 0) is 24.8 Å². The van der Waals surface area contributed by atoms with Crippen LogP contribution in [0.15, 0.2) is 30.3 Å². The Bertz CT molecular complexity index is 803. The van der Waals surface area contributed by atoms with Gasteiger partial charge in [-0.3, -0.25) is 9.59 Å². The number of piperidine rings is 1. The molecule has 0 saturated carbocycles. The monoisotopic (exact) mass is 409 g/mol. The van der Waals surface area contributed by atoms with Crippen LogP contribution in [0.5, 0.6) is 0 Å². The lowest BCUT2D eigenvalue weighted by molar-refractivity contribution is -0.444. The van der Waals surface area contributed by atoms with Gasteiger partial charge in [0.05, 0.1) is 13.2 Å². The molecule has 2 bridgehead atoms. The maximum atomic E-state index is 13.0. The lowest BCUT2D eigenvalue weighted by Gasteiger charge is -2.65. The van der Waals surface area contributed by atoms with E-state index >= 15 is 0 Å². The first-order valence-electron chi connectivity index (χ1n) is 9.08. The minimum absolute atomic E-state index is 0.0106. The van der Waals surface area contributed by atoms with Crippen LogP contribution < -0.4 is 5.32 Å². The third-order valence-corrected chi connectivity index (χ3v) is 7.19. The van der Waals surface area contributed by atoms with Gasteiger partial charge in [0.2, 0.25) is 17.3 Å². The van der Waals surface area contributed by atoms with E-state index in [1.54, 1.807) is 0 Å². The van der Waals surface area contributed by atoms with Gasteiger partial charge in [-0.05, 0) is 18.9 Å². The quantitative estimate of drug-likeness (QED) is 0.493. The fourth-order valence-electron chi connectivity index (χ4n) is 4.34. The molecule has 152 valence electrons. The molecule has 3 aliphatic rings. The van der Waals surface area contributed by atoms with Gasteiger partial charge in [0.1, 0.15) is 17.1 Å². The van der Waals surface area contributed by atoms with E-state index in [1.165, 1.54) is 18.7 Å². The van der Waals surface area contributed by atoms with Gasteiger partial charge in [-0.25, -0.2) is 0 Å². The van der Waals surface area contributed by atoms with E-state index < -0.39 is 46.9 Å². The molecule has 0 unspecified atom stereocenters. The summed E-state index contributed by atoms with van der Waals surface area (Å²) in [6.07, 6.45) is -1.62. The number of hydrogen-bond donors (Lipinski definition) is 4. The number of Topliss-reactive ketones (excluding diaryl/α,β-unsaturated/α-hetero) is 1. The Morgan fingerprint density at radius 3 is 2.64 bits per heavy atom. The summed E-state index contributed by atoms with van der Waals surface area (Å²) in [6, 6.07) is 9.61. The molecule has 4 rings (SSSR count). The summed E-state index contributed by atoms with van der Waals surface area (Å²) < 4.78 is 11.2. The van der Waals surface area contributed by atoms with Gasteiger partial charge < -0.3 is 30.1 Å². The molecule has 3 heterocycles. The van der Waals surface area contributed by atoms with Crippen LogP contribution in [-0.4, -0.2) is 69.2 Å². The second-order valence-electron chi connectivity index (χ2n) is 7.87. The molecule has 0 aromatic heterocycles. The summed E-state index contributed by atoms with van der Waals surface area (Å²) in [5, 5.41) is 35.0. The van der Waals surface area contributed by atoms with Crippen LogP contribution >= 0.6 is 11.8 Å². The van der Waals surface area contributed by atoms with E-state index in [1.807, 2.05) is 30.3 Å². The number of carbonyl (C=O) groups is 2. The summed E-state index contributed by atoms with van der Waals surface area (Å²) in [7, 11) is 0. The largest absolute Gasteiger partial charge is 0.385 e. The highest BCUT2D eigenvalue weighted by Crippen LogP contribution is 2.56. The number of benzene rings is 1. The van der Waals surface area contributed by atoms with E-state index in [0.29, 0.717) is 5.75 Å². The molecular formula is C19H23NO7S. The zero-order valence-corrected chi connectivity index (χ0v) is 16.2. The fraction of sp³-hybridized carbons (Fsp3) is 0.579. The van der Waals surface area contributed by atoms with Crippen molar-refractivity contribution in [2.45, 2.75) is 42.3 Å². The Balaban J connectivity index is 1.70. The average molecular weight is 409 g/mol.